The normalized spacial score (nSPS) is 14.0. The molecular weight excluding hydrogens is 168 g/mol. The first-order chi connectivity index (χ1) is 5.95. The molecule has 0 radical (unpaired) electrons. The van der Waals surface area contributed by atoms with E-state index in [4.69, 9.17) is 4.74 Å². The zero-order chi connectivity index (χ0) is 10.5. The van der Waals surface area contributed by atoms with E-state index < -0.39 is 11.8 Å². The Kier molecular flexibility index (Phi) is 4.14. The Morgan fingerprint density at radius 3 is 2.46 bits per heavy atom. The van der Waals surface area contributed by atoms with Crippen molar-refractivity contribution in [3.63, 3.8) is 0 Å². The molecule has 0 aliphatic heterocycles. The summed E-state index contributed by atoms with van der Waals surface area (Å²) in [6.45, 7) is 11.7. The van der Waals surface area contributed by atoms with Crippen molar-refractivity contribution >= 4 is 5.97 Å². The van der Waals surface area contributed by atoms with Gasteiger partial charge in [0, 0.05) is 12.0 Å². The predicted octanol–water partition coefficient (Wildman–Crippen LogP) is 1.56. The summed E-state index contributed by atoms with van der Waals surface area (Å²) in [6, 6.07) is 0. The van der Waals surface area contributed by atoms with Crippen LogP contribution in [0.3, 0.4) is 0 Å². The van der Waals surface area contributed by atoms with Crippen molar-refractivity contribution in [3.8, 4) is 0 Å². The maximum atomic E-state index is 11.0. The molecule has 0 aromatic carbocycles. The lowest BCUT2D eigenvalue weighted by atomic mass is 10.2. The summed E-state index contributed by atoms with van der Waals surface area (Å²) < 4.78 is 4.72. The summed E-state index contributed by atoms with van der Waals surface area (Å²) in [5, 5.41) is 9.57. The van der Waals surface area contributed by atoms with E-state index in [0.29, 0.717) is 0 Å². The molecule has 72 valence electrons. The van der Waals surface area contributed by atoms with E-state index in [1.54, 1.807) is 0 Å². The van der Waals surface area contributed by atoms with Gasteiger partial charge in [-0.1, -0.05) is 19.2 Å². The molecule has 1 atom stereocenters. The third-order valence-electron chi connectivity index (χ3n) is 1.37. The van der Waals surface area contributed by atoms with Gasteiger partial charge in [0.25, 0.3) is 0 Å². The molecule has 0 aromatic heterocycles. The second-order valence-electron chi connectivity index (χ2n) is 2.71. The van der Waals surface area contributed by atoms with Crippen LogP contribution in [0.5, 0.6) is 0 Å². The molecule has 0 bridgehead atoms. The minimum absolute atomic E-state index is 0.107. The van der Waals surface area contributed by atoms with Gasteiger partial charge in [0.15, 0.2) is 0 Å². The number of hydrogen-bond donors (Lipinski definition) is 1. The lowest BCUT2D eigenvalue weighted by Crippen LogP contribution is -2.32. The van der Waals surface area contributed by atoms with Gasteiger partial charge >= 0.3 is 5.97 Å². The topological polar surface area (TPSA) is 46.5 Å². The lowest BCUT2D eigenvalue weighted by Gasteiger charge is -2.22. The first-order valence-electron chi connectivity index (χ1n) is 3.81. The van der Waals surface area contributed by atoms with Gasteiger partial charge < -0.3 is 9.84 Å². The lowest BCUT2D eigenvalue weighted by molar-refractivity contribution is -0.184. The molecule has 0 amide bonds. The van der Waals surface area contributed by atoms with Crippen LogP contribution in [-0.2, 0) is 9.53 Å². The van der Waals surface area contributed by atoms with Gasteiger partial charge in [0.1, 0.15) is 0 Å². The van der Waals surface area contributed by atoms with Crippen LogP contribution in [0.4, 0.5) is 0 Å². The maximum Gasteiger partial charge on any atom is 0.335 e. The Balaban J connectivity index is 4.43. The van der Waals surface area contributed by atoms with Crippen molar-refractivity contribution in [2.24, 2.45) is 0 Å². The number of carbonyl (C=O) groups excluding carboxylic acids is 1. The van der Waals surface area contributed by atoms with Crippen LogP contribution in [0.15, 0.2) is 37.5 Å². The van der Waals surface area contributed by atoms with E-state index in [-0.39, 0.29) is 12.0 Å². The Labute approximate surface area is 78.0 Å². The summed E-state index contributed by atoms with van der Waals surface area (Å²) >= 11 is 0. The molecule has 0 saturated heterocycles. The molecule has 0 fully saturated rings. The highest BCUT2D eigenvalue weighted by atomic mass is 16.7. The van der Waals surface area contributed by atoms with Gasteiger partial charge in [-0.2, -0.15) is 0 Å². The van der Waals surface area contributed by atoms with Crippen molar-refractivity contribution in [2.75, 3.05) is 0 Å². The van der Waals surface area contributed by atoms with Gasteiger partial charge in [0.2, 0.25) is 5.79 Å². The molecule has 1 N–H and O–H groups in total. The predicted molar refractivity (Wildman–Crippen MR) is 50.9 cm³/mol. The minimum Gasteiger partial charge on any atom is -0.426 e. The summed E-state index contributed by atoms with van der Waals surface area (Å²) in [4.78, 5) is 11.0. The molecule has 1 unspecified atom stereocenters. The summed E-state index contributed by atoms with van der Waals surface area (Å²) in [6.07, 6.45) is 2.69. The monoisotopic (exact) mass is 182 g/mol. The SMILES string of the molecule is C=CCC(O)(C=C)OC(=O)C(=C)C. The van der Waals surface area contributed by atoms with Gasteiger partial charge in [-0.3, -0.25) is 0 Å². The van der Waals surface area contributed by atoms with Crippen LogP contribution in [0.25, 0.3) is 0 Å². The van der Waals surface area contributed by atoms with Crippen molar-refractivity contribution in [3.05, 3.63) is 37.5 Å². The zero-order valence-electron chi connectivity index (χ0n) is 7.75. The first-order valence-corrected chi connectivity index (χ1v) is 3.81. The van der Waals surface area contributed by atoms with Crippen LogP contribution in [0.1, 0.15) is 13.3 Å². The molecule has 3 nitrogen and oxygen atoms in total. The van der Waals surface area contributed by atoms with Crippen molar-refractivity contribution in [1.29, 1.82) is 0 Å². The maximum absolute atomic E-state index is 11.0. The van der Waals surface area contributed by atoms with Crippen molar-refractivity contribution in [2.45, 2.75) is 19.1 Å². The van der Waals surface area contributed by atoms with E-state index in [1.807, 2.05) is 0 Å². The molecule has 0 heterocycles. The Morgan fingerprint density at radius 1 is 1.62 bits per heavy atom. The number of hydrogen-bond acceptors (Lipinski definition) is 3. The largest absolute Gasteiger partial charge is 0.426 e. The summed E-state index contributed by atoms with van der Waals surface area (Å²) in [5.74, 6) is -2.32. The molecule has 0 rings (SSSR count). The zero-order valence-corrected chi connectivity index (χ0v) is 7.75. The molecule has 0 aromatic rings. The number of rotatable bonds is 5. The third-order valence-corrected chi connectivity index (χ3v) is 1.37. The van der Waals surface area contributed by atoms with E-state index in [1.165, 1.54) is 13.0 Å². The van der Waals surface area contributed by atoms with E-state index in [0.717, 1.165) is 6.08 Å². The number of aliphatic hydroxyl groups is 1. The van der Waals surface area contributed by atoms with E-state index >= 15 is 0 Å². The van der Waals surface area contributed by atoms with Crippen LogP contribution in [0, 0.1) is 0 Å². The Morgan fingerprint density at radius 2 is 2.15 bits per heavy atom. The smallest absolute Gasteiger partial charge is 0.335 e. The Bertz CT molecular complexity index is 243. The molecular formula is C10H14O3. The highest BCUT2D eigenvalue weighted by Gasteiger charge is 2.26. The fraction of sp³-hybridized carbons (Fsp3) is 0.300. The number of carbonyl (C=O) groups is 1. The summed E-state index contributed by atoms with van der Waals surface area (Å²) in [5.41, 5.74) is 0.226. The standard InChI is InChI=1S/C10H14O3/c1-5-7-10(12,6-2)13-9(11)8(3)4/h5-6,12H,1-3,7H2,4H3. The fourth-order valence-electron chi connectivity index (χ4n) is 0.621. The van der Waals surface area contributed by atoms with Gasteiger partial charge in [-0.05, 0) is 13.0 Å². The minimum atomic E-state index is -1.67. The van der Waals surface area contributed by atoms with Gasteiger partial charge in [0.05, 0.1) is 0 Å². The third kappa shape index (κ3) is 3.71. The second-order valence-corrected chi connectivity index (χ2v) is 2.71. The molecule has 3 heteroatoms. The van der Waals surface area contributed by atoms with Crippen molar-refractivity contribution in [1.82, 2.24) is 0 Å². The fourth-order valence-corrected chi connectivity index (χ4v) is 0.621. The molecule has 0 aliphatic rings. The molecule has 0 spiro atoms. The van der Waals surface area contributed by atoms with Crippen LogP contribution in [-0.4, -0.2) is 16.9 Å². The van der Waals surface area contributed by atoms with Crippen LogP contribution < -0.4 is 0 Å². The molecule has 0 aliphatic carbocycles. The number of esters is 1. The van der Waals surface area contributed by atoms with Crippen LogP contribution in [0.2, 0.25) is 0 Å². The summed E-state index contributed by atoms with van der Waals surface area (Å²) in [7, 11) is 0. The van der Waals surface area contributed by atoms with Gasteiger partial charge in [-0.15, -0.1) is 6.58 Å². The Hall–Kier alpha value is -1.35. The first kappa shape index (κ1) is 11.6. The van der Waals surface area contributed by atoms with Crippen molar-refractivity contribution < 1.29 is 14.6 Å². The van der Waals surface area contributed by atoms with E-state index in [9.17, 15) is 9.90 Å². The number of ether oxygens (including phenoxy) is 1. The average Bonchev–Trinajstić information content (AvgIpc) is 2.04. The average molecular weight is 182 g/mol. The quantitative estimate of drug-likeness (QED) is 0.304. The highest BCUT2D eigenvalue weighted by Crippen LogP contribution is 2.15. The highest BCUT2D eigenvalue weighted by molar-refractivity contribution is 5.87. The van der Waals surface area contributed by atoms with E-state index in [2.05, 4.69) is 19.7 Å². The van der Waals surface area contributed by atoms with Crippen LogP contribution >= 0.6 is 0 Å². The second kappa shape index (κ2) is 4.62. The molecule has 0 saturated carbocycles. The van der Waals surface area contributed by atoms with Gasteiger partial charge in [-0.25, -0.2) is 4.79 Å². The molecule has 13 heavy (non-hydrogen) atoms.